The number of nitrogens with zero attached hydrogens (tertiary/aromatic N) is 3. The standard InChI is InChI=1S/C22H18ClN3O3S2/c1-31(29)22-24-15(5-10-18(27)19-11-12-20(23)30-19)14-26(22)17-8-6-16(7-9-17)25-13-3-2-4-21(25)28/h2-4,6-9,11-14H,5,10H2,1H3. The fraction of sp³-hybridized carbons (Fsp3) is 0.136. The Kier molecular flexibility index (Phi) is 6.31. The molecular weight excluding hydrogens is 454 g/mol. The molecule has 3 aromatic heterocycles. The maximum Gasteiger partial charge on any atom is 0.255 e. The van der Waals surface area contributed by atoms with Gasteiger partial charge in [-0.1, -0.05) is 17.7 Å². The molecule has 0 N–H and O–H groups in total. The van der Waals surface area contributed by atoms with E-state index in [4.69, 9.17) is 11.6 Å². The first-order valence-corrected chi connectivity index (χ1v) is 12.2. The third-order valence-electron chi connectivity index (χ3n) is 4.67. The SMILES string of the molecule is CS(=O)c1nc(CCC(=O)c2ccc(Cl)s2)cn1-c1ccc(-n2ccccc2=O)cc1. The van der Waals surface area contributed by atoms with Crippen molar-refractivity contribution < 1.29 is 9.00 Å². The van der Waals surface area contributed by atoms with Crippen molar-refractivity contribution in [3.05, 3.63) is 92.3 Å². The maximum absolute atomic E-state index is 12.4. The zero-order chi connectivity index (χ0) is 22.0. The summed E-state index contributed by atoms with van der Waals surface area (Å²) in [6, 6.07) is 15.7. The first-order chi connectivity index (χ1) is 14.9. The zero-order valence-corrected chi connectivity index (χ0v) is 18.9. The molecule has 0 aliphatic rings. The Morgan fingerprint density at radius 2 is 1.77 bits per heavy atom. The Hall–Kier alpha value is -2.81. The monoisotopic (exact) mass is 471 g/mol. The molecule has 0 spiro atoms. The topological polar surface area (TPSA) is 74.0 Å². The molecule has 0 aliphatic carbocycles. The van der Waals surface area contributed by atoms with Crippen molar-refractivity contribution in [2.45, 2.75) is 18.0 Å². The van der Waals surface area contributed by atoms with Gasteiger partial charge in [0.25, 0.3) is 5.56 Å². The van der Waals surface area contributed by atoms with E-state index in [-0.39, 0.29) is 11.3 Å². The molecule has 6 nitrogen and oxygen atoms in total. The lowest BCUT2D eigenvalue weighted by atomic mass is 10.1. The smallest absolute Gasteiger partial charge is 0.255 e. The predicted octanol–water partition coefficient (Wildman–Crippen LogP) is 4.29. The molecule has 9 heteroatoms. The number of pyridine rings is 1. The molecule has 0 saturated carbocycles. The van der Waals surface area contributed by atoms with Crippen LogP contribution in [0.2, 0.25) is 4.34 Å². The van der Waals surface area contributed by atoms with E-state index in [0.717, 1.165) is 11.4 Å². The molecule has 1 unspecified atom stereocenters. The van der Waals surface area contributed by atoms with Crippen LogP contribution in [-0.2, 0) is 17.2 Å². The summed E-state index contributed by atoms with van der Waals surface area (Å²) in [4.78, 5) is 29.5. The van der Waals surface area contributed by atoms with Crippen LogP contribution in [0.3, 0.4) is 0 Å². The van der Waals surface area contributed by atoms with Crippen LogP contribution in [0.5, 0.6) is 0 Å². The first kappa shape index (κ1) is 21.4. The number of ketones is 1. The average molecular weight is 472 g/mol. The quantitative estimate of drug-likeness (QED) is 0.377. The Balaban J connectivity index is 1.57. The molecule has 0 saturated heterocycles. The molecule has 0 radical (unpaired) electrons. The van der Waals surface area contributed by atoms with E-state index >= 15 is 0 Å². The second-order valence-electron chi connectivity index (χ2n) is 6.79. The first-order valence-electron chi connectivity index (χ1n) is 9.41. The molecule has 0 aliphatic heterocycles. The summed E-state index contributed by atoms with van der Waals surface area (Å²) in [6.07, 6.45) is 5.80. The highest BCUT2D eigenvalue weighted by Gasteiger charge is 2.15. The fourth-order valence-corrected chi connectivity index (χ4v) is 4.85. The summed E-state index contributed by atoms with van der Waals surface area (Å²) in [5.74, 6) is 0.00303. The van der Waals surface area contributed by atoms with Gasteiger partial charge in [-0.3, -0.25) is 22.9 Å². The number of halogens is 1. The Morgan fingerprint density at radius 3 is 2.39 bits per heavy atom. The van der Waals surface area contributed by atoms with Gasteiger partial charge in [0.15, 0.2) is 5.78 Å². The van der Waals surface area contributed by atoms with Crippen molar-refractivity contribution in [2.24, 2.45) is 0 Å². The molecule has 31 heavy (non-hydrogen) atoms. The number of carbonyl (C=O) groups is 1. The average Bonchev–Trinajstić information content (AvgIpc) is 3.39. The van der Waals surface area contributed by atoms with E-state index in [1.54, 1.807) is 52.0 Å². The van der Waals surface area contributed by atoms with Gasteiger partial charge in [-0.25, -0.2) is 4.98 Å². The highest BCUT2D eigenvalue weighted by atomic mass is 35.5. The second-order valence-corrected chi connectivity index (χ2v) is 9.78. The predicted molar refractivity (Wildman–Crippen MR) is 123 cm³/mol. The third kappa shape index (κ3) is 4.76. The van der Waals surface area contributed by atoms with Crippen molar-refractivity contribution in [3.63, 3.8) is 0 Å². The van der Waals surface area contributed by atoms with E-state index in [1.807, 2.05) is 24.3 Å². The van der Waals surface area contributed by atoms with Crippen molar-refractivity contribution in [1.82, 2.24) is 14.1 Å². The number of aromatic nitrogens is 3. The Morgan fingerprint density at radius 1 is 1.06 bits per heavy atom. The van der Waals surface area contributed by atoms with Gasteiger partial charge in [-0.2, -0.15) is 0 Å². The van der Waals surface area contributed by atoms with Crippen molar-refractivity contribution in [2.75, 3.05) is 6.26 Å². The van der Waals surface area contributed by atoms with Crippen molar-refractivity contribution in [1.29, 1.82) is 0 Å². The fourth-order valence-electron chi connectivity index (χ4n) is 3.16. The molecule has 3 heterocycles. The number of thiophene rings is 1. The highest BCUT2D eigenvalue weighted by molar-refractivity contribution is 7.84. The van der Waals surface area contributed by atoms with Gasteiger partial charge in [0.1, 0.15) is 0 Å². The van der Waals surface area contributed by atoms with Crippen LogP contribution in [0.1, 0.15) is 21.8 Å². The molecule has 4 rings (SSSR count). The second kappa shape index (κ2) is 9.13. The number of benzene rings is 1. The van der Waals surface area contributed by atoms with Gasteiger partial charge in [0.05, 0.1) is 25.7 Å². The molecule has 0 amide bonds. The maximum atomic E-state index is 12.4. The number of aryl methyl sites for hydroxylation is 1. The van der Waals surface area contributed by atoms with Crippen LogP contribution in [0.15, 0.2) is 76.9 Å². The van der Waals surface area contributed by atoms with Crippen LogP contribution < -0.4 is 5.56 Å². The summed E-state index contributed by atoms with van der Waals surface area (Å²) in [5, 5.41) is 0.409. The normalized spacial score (nSPS) is 12.1. The molecule has 1 atom stereocenters. The lowest BCUT2D eigenvalue weighted by molar-refractivity contribution is 0.0986. The van der Waals surface area contributed by atoms with E-state index in [0.29, 0.717) is 32.9 Å². The molecule has 1 aromatic carbocycles. The number of Topliss-reactive ketones (excluding diaryl/α,β-unsaturated/α-hetero) is 1. The molecule has 158 valence electrons. The Labute approximate surface area is 190 Å². The van der Waals surface area contributed by atoms with E-state index in [1.165, 1.54) is 17.4 Å². The van der Waals surface area contributed by atoms with Gasteiger partial charge in [-0.05, 0) is 48.9 Å². The van der Waals surface area contributed by atoms with Gasteiger partial charge in [0.2, 0.25) is 5.16 Å². The minimum Gasteiger partial charge on any atom is -0.293 e. The van der Waals surface area contributed by atoms with Crippen molar-refractivity contribution in [3.8, 4) is 11.4 Å². The van der Waals surface area contributed by atoms with Crippen LogP contribution in [0.25, 0.3) is 11.4 Å². The largest absolute Gasteiger partial charge is 0.293 e. The van der Waals surface area contributed by atoms with Crippen LogP contribution >= 0.6 is 22.9 Å². The molecular formula is C22H18ClN3O3S2. The minimum absolute atomic E-state index is 0.00303. The minimum atomic E-state index is -1.32. The van der Waals surface area contributed by atoms with Gasteiger partial charge in [-0.15, -0.1) is 11.3 Å². The van der Waals surface area contributed by atoms with Gasteiger partial charge >= 0.3 is 0 Å². The summed E-state index contributed by atoms with van der Waals surface area (Å²) in [7, 11) is -1.32. The van der Waals surface area contributed by atoms with E-state index < -0.39 is 10.8 Å². The van der Waals surface area contributed by atoms with Crippen LogP contribution in [-0.4, -0.2) is 30.4 Å². The molecule has 4 aromatic rings. The summed E-state index contributed by atoms with van der Waals surface area (Å²) < 4.78 is 16.1. The van der Waals surface area contributed by atoms with E-state index in [2.05, 4.69) is 4.98 Å². The number of hydrogen-bond donors (Lipinski definition) is 0. The summed E-state index contributed by atoms with van der Waals surface area (Å²) in [5.41, 5.74) is 2.07. The third-order valence-corrected chi connectivity index (χ3v) is 6.74. The van der Waals surface area contributed by atoms with Crippen LogP contribution in [0.4, 0.5) is 0 Å². The summed E-state index contributed by atoms with van der Waals surface area (Å²) in [6.45, 7) is 0. The molecule has 0 fully saturated rings. The lowest BCUT2D eigenvalue weighted by Gasteiger charge is -2.08. The highest BCUT2D eigenvalue weighted by Crippen LogP contribution is 2.23. The number of rotatable bonds is 7. The van der Waals surface area contributed by atoms with Gasteiger partial charge in [0, 0.05) is 42.5 Å². The zero-order valence-electron chi connectivity index (χ0n) is 16.5. The summed E-state index contributed by atoms with van der Waals surface area (Å²) >= 11 is 7.16. The van der Waals surface area contributed by atoms with Crippen LogP contribution in [0, 0.1) is 0 Å². The number of hydrogen-bond acceptors (Lipinski definition) is 5. The number of carbonyl (C=O) groups excluding carboxylic acids is 1. The van der Waals surface area contributed by atoms with Crippen molar-refractivity contribution >= 4 is 39.5 Å². The van der Waals surface area contributed by atoms with E-state index in [9.17, 15) is 13.8 Å². The lowest BCUT2D eigenvalue weighted by Crippen LogP contribution is -2.15. The molecule has 0 bridgehead atoms. The van der Waals surface area contributed by atoms with Gasteiger partial charge < -0.3 is 0 Å². The number of imidazole rings is 1. The Bertz CT molecular complexity index is 1320.